The first-order chi connectivity index (χ1) is 13.6. The fourth-order valence-electron chi connectivity index (χ4n) is 2.63. The number of ether oxygens (including phenoxy) is 2. The molecule has 1 amide bonds. The molecule has 0 fully saturated rings. The van der Waals surface area contributed by atoms with Crippen molar-refractivity contribution in [3.05, 3.63) is 54.6 Å². The highest BCUT2D eigenvalue weighted by atomic mass is 32.2. The van der Waals surface area contributed by atoms with Crippen LogP contribution in [0.2, 0.25) is 0 Å². The number of thioether (sulfide) groups is 1. The van der Waals surface area contributed by atoms with E-state index < -0.39 is 6.09 Å². The smallest absolute Gasteiger partial charge is 0.134 e. The predicted octanol–water partition coefficient (Wildman–Crippen LogP) is 2.58. The van der Waals surface area contributed by atoms with Crippen molar-refractivity contribution in [3.8, 4) is 28.4 Å². The second kappa shape index (κ2) is 9.18. The van der Waals surface area contributed by atoms with Gasteiger partial charge in [0, 0.05) is 5.56 Å². The standard InChI is InChI=1S/C20H21N3O4S/c1-26-16-9-5-15(6-10-16)23-18(13-19(22-23)28-2)14-3-7-17(8-4-14)27-12-11-21-20(24)25/h3-10,13,21H,11-12H2,1-2H3,(H,24,25)/p-1. The first-order valence-corrected chi connectivity index (χ1v) is 9.79. The molecular weight excluding hydrogens is 378 g/mol. The molecule has 0 spiro atoms. The first-order valence-electron chi connectivity index (χ1n) is 8.57. The topological polar surface area (TPSA) is 88.4 Å². The summed E-state index contributed by atoms with van der Waals surface area (Å²) in [6.07, 6.45) is 0.678. The molecule has 0 unspecified atom stereocenters. The molecule has 0 aliphatic heterocycles. The Kier molecular flexibility index (Phi) is 6.44. The maximum Gasteiger partial charge on any atom is 0.134 e. The van der Waals surface area contributed by atoms with Crippen LogP contribution >= 0.6 is 11.8 Å². The van der Waals surface area contributed by atoms with Gasteiger partial charge in [-0.15, -0.1) is 11.8 Å². The average molecular weight is 398 g/mol. The van der Waals surface area contributed by atoms with E-state index in [9.17, 15) is 9.90 Å². The number of hydrogen-bond acceptors (Lipinski definition) is 6. The van der Waals surface area contributed by atoms with E-state index in [2.05, 4.69) is 10.4 Å². The number of carbonyl (C=O) groups is 1. The quantitative estimate of drug-likeness (QED) is 0.463. The molecule has 0 aliphatic rings. The van der Waals surface area contributed by atoms with Gasteiger partial charge in [-0.2, -0.15) is 5.10 Å². The van der Waals surface area contributed by atoms with E-state index >= 15 is 0 Å². The Hall–Kier alpha value is -3.13. The lowest BCUT2D eigenvalue weighted by atomic mass is 10.1. The minimum absolute atomic E-state index is 0.172. The van der Waals surface area contributed by atoms with Crippen LogP contribution in [0, 0.1) is 0 Å². The summed E-state index contributed by atoms with van der Waals surface area (Å²) in [5.74, 6) is 1.45. The summed E-state index contributed by atoms with van der Waals surface area (Å²) in [5, 5.41) is 18.1. The van der Waals surface area contributed by atoms with Crippen molar-refractivity contribution in [2.45, 2.75) is 5.03 Å². The van der Waals surface area contributed by atoms with Crippen molar-refractivity contribution in [2.24, 2.45) is 0 Å². The van der Waals surface area contributed by atoms with E-state index in [4.69, 9.17) is 9.47 Å². The predicted molar refractivity (Wildman–Crippen MR) is 106 cm³/mol. The Labute approximate surface area is 167 Å². The van der Waals surface area contributed by atoms with Crippen LogP contribution in [-0.4, -0.2) is 42.4 Å². The third kappa shape index (κ3) is 4.77. The van der Waals surface area contributed by atoms with Gasteiger partial charge in [0.25, 0.3) is 0 Å². The fourth-order valence-corrected chi connectivity index (χ4v) is 3.02. The lowest BCUT2D eigenvalue weighted by Gasteiger charge is -2.11. The summed E-state index contributed by atoms with van der Waals surface area (Å²) in [4.78, 5) is 10.3. The van der Waals surface area contributed by atoms with E-state index in [0.29, 0.717) is 5.75 Å². The van der Waals surface area contributed by atoms with Gasteiger partial charge >= 0.3 is 0 Å². The lowest BCUT2D eigenvalue weighted by molar-refractivity contribution is -0.250. The van der Waals surface area contributed by atoms with Gasteiger partial charge in [-0.3, -0.25) is 0 Å². The molecule has 0 atom stereocenters. The van der Waals surface area contributed by atoms with Crippen molar-refractivity contribution in [3.63, 3.8) is 0 Å². The highest BCUT2D eigenvalue weighted by molar-refractivity contribution is 7.98. The molecule has 3 aromatic rings. The third-order valence-corrected chi connectivity index (χ3v) is 4.62. The van der Waals surface area contributed by atoms with Crippen LogP contribution in [0.25, 0.3) is 16.9 Å². The van der Waals surface area contributed by atoms with Gasteiger partial charge in [0.1, 0.15) is 29.2 Å². The Morgan fingerprint density at radius 3 is 2.43 bits per heavy atom. The molecule has 3 rings (SSSR count). The molecule has 1 aromatic heterocycles. The highest BCUT2D eigenvalue weighted by Gasteiger charge is 2.12. The fraction of sp³-hybridized carbons (Fsp3) is 0.200. The summed E-state index contributed by atoms with van der Waals surface area (Å²) in [6.45, 7) is 0.402. The number of rotatable bonds is 8. The zero-order valence-corrected chi connectivity index (χ0v) is 16.4. The van der Waals surface area contributed by atoms with Crippen LogP contribution in [0.3, 0.4) is 0 Å². The van der Waals surface area contributed by atoms with Crippen LogP contribution in [0.1, 0.15) is 0 Å². The first kappa shape index (κ1) is 19.6. The Balaban J connectivity index is 1.80. The molecule has 0 saturated heterocycles. The summed E-state index contributed by atoms with van der Waals surface area (Å²) < 4.78 is 12.6. The highest BCUT2D eigenvalue weighted by Crippen LogP contribution is 2.29. The monoisotopic (exact) mass is 398 g/mol. The van der Waals surface area contributed by atoms with Crippen molar-refractivity contribution in [1.82, 2.24) is 15.1 Å². The van der Waals surface area contributed by atoms with Crippen LogP contribution in [0.4, 0.5) is 4.79 Å². The number of nitrogens with zero attached hydrogens (tertiary/aromatic N) is 2. The van der Waals surface area contributed by atoms with E-state index in [1.165, 1.54) is 0 Å². The number of carbonyl (C=O) groups excluding carboxylic acids is 1. The largest absolute Gasteiger partial charge is 0.530 e. The van der Waals surface area contributed by atoms with Crippen molar-refractivity contribution in [2.75, 3.05) is 26.5 Å². The summed E-state index contributed by atoms with van der Waals surface area (Å²) in [5.41, 5.74) is 2.88. The normalized spacial score (nSPS) is 10.5. The number of benzene rings is 2. The number of nitrogens with one attached hydrogen (secondary N) is 1. The number of carboxylic acid groups (broad SMARTS) is 1. The molecule has 28 heavy (non-hydrogen) atoms. The van der Waals surface area contributed by atoms with E-state index in [1.54, 1.807) is 18.9 Å². The average Bonchev–Trinajstić information content (AvgIpc) is 3.16. The maximum absolute atomic E-state index is 10.3. The van der Waals surface area contributed by atoms with E-state index in [-0.39, 0.29) is 13.2 Å². The number of methoxy groups -OCH3 is 1. The number of aromatic nitrogens is 2. The van der Waals surface area contributed by atoms with E-state index in [1.807, 2.05) is 65.5 Å². The number of amides is 1. The molecule has 0 bridgehead atoms. The molecule has 1 N–H and O–H groups in total. The van der Waals surface area contributed by atoms with Crippen LogP contribution in [0.5, 0.6) is 11.5 Å². The van der Waals surface area contributed by atoms with Gasteiger partial charge in [-0.1, -0.05) is 0 Å². The summed E-state index contributed by atoms with van der Waals surface area (Å²) in [7, 11) is 1.64. The second-order valence-electron chi connectivity index (χ2n) is 5.77. The van der Waals surface area contributed by atoms with E-state index in [0.717, 1.165) is 27.7 Å². The molecule has 7 nitrogen and oxygen atoms in total. The summed E-state index contributed by atoms with van der Waals surface area (Å²) >= 11 is 1.58. The minimum atomic E-state index is -1.31. The molecule has 146 valence electrons. The molecule has 1 heterocycles. The van der Waals surface area contributed by atoms with Crippen LogP contribution in [0.15, 0.2) is 59.6 Å². The SMILES string of the molecule is COc1ccc(-n2nc(SC)cc2-c2ccc(OCCNC(=O)[O-])cc2)cc1. The zero-order valence-electron chi connectivity index (χ0n) is 15.5. The Morgan fingerprint density at radius 2 is 1.82 bits per heavy atom. The third-order valence-electron chi connectivity index (χ3n) is 4.00. The van der Waals surface area contributed by atoms with Gasteiger partial charge in [0.15, 0.2) is 0 Å². The molecule has 8 heteroatoms. The van der Waals surface area contributed by atoms with Gasteiger partial charge in [0.2, 0.25) is 0 Å². The minimum Gasteiger partial charge on any atom is -0.530 e. The van der Waals surface area contributed by atoms with Crippen molar-refractivity contribution < 1.29 is 19.4 Å². The van der Waals surface area contributed by atoms with Crippen LogP contribution in [-0.2, 0) is 0 Å². The van der Waals surface area contributed by atoms with Gasteiger partial charge in [-0.05, 0) is 60.9 Å². The lowest BCUT2D eigenvalue weighted by Crippen LogP contribution is -2.38. The zero-order chi connectivity index (χ0) is 19.9. The molecule has 0 saturated carbocycles. The Bertz CT molecular complexity index is 924. The maximum atomic E-state index is 10.3. The van der Waals surface area contributed by atoms with Crippen molar-refractivity contribution >= 4 is 17.9 Å². The molecular formula is C20H20N3O4S-. The van der Waals surface area contributed by atoms with Crippen LogP contribution < -0.4 is 19.9 Å². The second-order valence-corrected chi connectivity index (χ2v) is 6.60. The van der Waals surface area contributed by atoms with Gasteiger partial charge in [-0.25, -0.2) is 4.68 Å². The molecule has 0 aliphatic carbocycles. The van der Waals surface area contributed by atoms with Gasteiger partial charge in [0.05, 0.1) is 25.0 Å². The van der Waals surface area contributed by atoms with Crippen molar-refractivity contribution in [1.29, 1.82) is 0 Å². The summed E-state index contributed by atoms with van der Waals surface area (Å²) in [6, 6.07) is 17.3. The Morgan fingerprint density at radius 1 is 1.14 bits per heavy atom. The molecule has 0 radical (unpaired) electrons. The molecule has 2 aromatic carbocycles. The number of hydrogen-bond donors (Lipinski definition) is 1. The van der Waals surface area contributed by atoms with Gasteiger partial charge < -0.3 is 24.7 Å².